The van der Waals surface area contributed by atoms with E-state index >= 15 is 0 Å². The Morgan fingerprint density at radius 1 is 1.47 bits per heavy atom. The maximum absolute atomic E-state index is 6.09. The van der Waals surface area contributed by atoms with Gasteiger partial charge in [-0.2, -0.15) is 0 Å². The molecule has 1 N–H and O–H groups in total. The zero-order valence-electron chi connectivity index (χ0n) is 9.99. The first kappa shape index (κ1) is 12.7. The van der Waals surface area contributed by atoms with E-state index in [4.69, 9.17) is 21.1 Å². The van der Waals surface area contributed by atoms with Gasteiger partial charge in [0.15, 0.2) is 0 Å². The summed E-state index contributed by atoms with van der Waals surface area (Å²) in [6.07, 6.45) is 1.19. The fourth-order valence-electron chi connectivity index (χ4n) is 2.13. The fourth-order valence-corrected chi connectivity index (χ4v) is 2.31. The predicted octanol–water partition coefficient (Wildman–Crippen LogP) is 2.34. The summed E-state index contributed by atoms with van der Waals surface area (Å²) in [7, 11) is 1.70. The zero-order chi connectivity index (χ0) is 12.1. The first-order valence-corrected chi connectivity index (χ1v) is 6.30. The largest absolute Gasteiger partial charge is 0.486 e. The summed E-state index contributed by atoms with van der Waals surface area (Å²) in [5, 5.41) is 4.00. The van der Waals surface area contributed by atoms with Gasteiger partial charge < -0.3 is 14.8 Å². The highest BCUT2D eigenvalue weighted by molar-refractivity contribution is 6.32. The Hall–Kier alpha value is -0.770. The molecule has 0 aromatic heterocycles. The third kappa shape index (κ3) is 3.35. The fraction of sp³-hybridized carbons (Fsp3) is 0.538. The van der Waals surface area contributed by atoms with Gasteiger partial charge in [-0.05, 0) is 25.1 Å². The monoisotopic (exact) mass is 255 g/mol. The van der Waals surface area contributed by atoms with E-state index in [-0.39, 0.29) is 6.10 Å². The summed E-state index contributed by atoms with van der Waals surface area (Å²) >= 11 is 6.09. The number of rotatable bonds is 5. The average molecular weight is 256 g/mol. The van der Waals surface area contributed by atoms with Gasteiger partial charge >= 0.3 is 0 Å². The first-order chi connectivity index (χ1) is 8.31. The summed E-state index contributed by atoms with van der Waals surface area (Å²) < 4.78 is 11.2. The molecule has 0 bridgehead atoms. The van der Waals surface area contributed by atoms with Crippen molar-refractivity contribution >= 4 is 11.6 Å². The van der Waals surface area contributed by atoms with Crippen LogP contribution in [0.4, 0.5) is 0 Å². The molecule has 0 amide bonds. The third-order valence-electron chi connectivity index (χ3n) is 3.07. The molecule has 1 aromatic carbocycles. The highest BCUT2D eigenvalue weighted by atomic mass is 35.5. The molecule has 0 spiro atoms. The SMILES string of the molecule is COCC(Oc1ccccc1Cl)C1CCNC1. The van der Waals surface area contributed by atoms with Crippen molar-refractivity contribution in [1.29, 1.82) is 0 Å². The van der Waals surface area contributed by atoms with Crippen molar-refractivity contribution in [2.24, 2.45) is 5.92 Å². The molecule has 0 radical (unpaired) electrons. The molecular weight excluding hydrogens is 238 g/mol. The van der Waals surface area contributed by atoms with Gasteiger partial charge in [0.25, 0.3) is 0 Å². The Kier molecular flexibility index (Phi) is 4.66. The highest BCUT2D eigenvalue weighted by Crippen LogP contribution is 2.27. The van der Waals surface area contributed by atoms with Crippen LogP contribution in [0.1, 0.15) is 6.42 Å². The highest BCUT2D eigenvalue weighted by Gasteiger charge is 2.26. The van der Waals surface area contributed by atoms with E-state index in [0.29, 0.717) is 17.5 Å². The molecule has 0 aliphatic carbocycles. The van der Waals surface area contributed by atoms with E-state index in [1.54, 1.807) is 7.11 Å². The second-order valence-corrected chi connectivity index (χ2v) is 4.70. The Labute approximate surface area is 107 Å². The summed E-state index contributed by atoms with van der Waals surface area (Å²) in [5.74, 6) is 1.23. The number of para-hydroxylation sites is 1. The number of halogens is 1. The van der Waals surface area contributed by atoms with E-state index in [2.05, 4.69) is 5.32 Å². The molecule has 1 aromatic rings. The molecule has 94 valence electrons. The van der Waals surface area contributed by atoms with Gasteiger partial charge in [-0.3, -0.25) is 0 Å². The molecule has 4 heteroatoms. The molecule has 2 atom stereocenters. The number of nitrogens with one attached hydrogen (secondary N) is 1. The maximum atomic E-state index is 6.09. The topological polar surface area (TPSA) is 30.5 Å². The zero-order valence-corrected chi connectivity index (χ0v) is 10.7. The minimum Gasteiger partial charge on any atom is -0.486 e. The van der Waals surface area contributed by atoms with E-state index in [0.717, 1.165) is 25.3 Å². The minimum atomic E-state index is 0.0647. The van der Waals surface area contributed by atoms with Gasteiger partial charge in [0.2, 0.25) is 0 Å². The van der Waals surface area contributed by atoms with E-state index in [1.807, 2.05) is 24.3 Å². The summed E-state index contributed by atoms with van der Waals surface area (Å²) in [6, 6.07) is 7.57. The van der Waals surface area contributed by atoms with E-state index in [1.165, 1.54) is 0 Å². The lowest BCUT2D eigenvalue weighted by atomic mass is 10.0. The van der Waals surface area contributed by atoms with Crippen LogP contribution in [0.2, 0.25) is 5.02 Å². The van der Waals surface area contributed by atoms with Crippen LogP contribution >= 0.6 is 11.6 Å². The summed E-state index contributed by atoms with van der Waals surface area (Å²) in [4.78, 5) is 0. The number of hydrogen-bond donors (Lipinski definition) is 1. The first-order valence-electron chi connectivity index (χ1n) is 5.92. The normalized spacial score (nSPS) is 21.4. The van der Waals surface area contributed by atoms with E-state index < -0.39 is 0 Å². The van der Waals surface area contributed by atoms with Crippen LogP contribution in [-0.2, 0) is 4.74 Å². The van der Waals surface area contributed by atoms with Crippen LogP contribution in [0, 0.1) is 5.92 Å². The molecule has 1 saturated heterocycles. The van der Waals surface area contributed by atoms with Gasteiger partial charge in [-0.1, -0.05) is 23.7 Å². The maximum Gasteiger partial charge on any atom is 0.138 e. The molecule has 3 nitrogen and oxygen atoms in total. The van der Waals surface area contributed by atoms with Crippen molar-refractivity contribution in [3.05, 3.63) is 29.3 Å². The van der Waals surface area contributed by atoms with E-state index in [9.17, 15) is 0 Å². The van der Waals surface area contributed by atoms with Crippen molar-refractivity contribution in [2.75, 3.05) is 26.8 Å². The number of methoxy groups -OCH3 is 1. The Morgan fingerprint density at radius 2 is 2.29 bits per heavy atom. The number of benzene rings is 1. The summed E-state index contributed by atoms with van der Waals surface area (Å²) in [5.41, 5.74) is 0. The van der Waals surface area contributed by atoms with Crippen LogP contribution in [0.5, 0.6) is 5.75 Å². The summed E-state index contributed by atoms with van der Waals surface area (Å²) in [6.45, 7) is 2.63. The van der Waals surface area contributed by atoms with Crippen LogP contribution in [-0.4, -0.2) is 32.9 Å². The number of ether oxygens (including phenoxy) is 2. The van der Waals surface area contributed by atoms with Crippen molar-refractivity contribution in [2.45, 2.75) is 12.5 Å². The van der Waals surface area contributed by atoms with Gasteiger partial charge in [-0.15, -0.1) is 0 Å². The number of hydrogen-bond acceptors (Lipinski definition) is 3. The third-order valence-corrected chi connectivity index (χ3v) is 3.38. The standard InChI is InChI=1S/C13H18ClNO2/c1-16-9-13(10-6-7-15-8-10)17-12-5-3-2-4-11(12)14/h2-5,10,13,15H,6-9H2,1H3. The van der Waals surface area contributed by atoms with Crippen LogP contribution in [0.25, 0.3) is 0 Å². The Morgan fingerprint density at radius 3 is 2.94 bits per heavy atom. The minimum absolute atomic E-state index is 0.0647. The Balaban J connectivity index is 2.04. The van der Waals surface area contributed by atoms with Gasteiger partial charge in [-0.25, -0.2) is 0 Å². The second-order valence-electron chi connectivity index (χ2n) is 4.29. The molecule has 1 fully saturated rings. The van der Waals surface area contributed by atoms with Gasteiger partial charge in [0.1, 0.15) is 11.9 Å². The molecule has 2 unspecified atom stereocenters. The van der Waals surface area contributed by atoms with Crippen molar-refractivity contribution in [3.63, 3.8) is 0 Å². The average Bonchev–Trinajstić information content (AvgIpc) is 2.85. The quantitative estimate of drug-likeness (QED) is 0.876. The van der Waals surface area contributed by atoms with Crippen LogP contribution in [0.3, 0.4) is 0 Å². The lowest BCUT2D eigenvalue weighted by molar-refractivity contribution is 0.0483. The smallest absolute Gasteiger partial charge is 0.138 e. The molecular formula is C13H18ClNO2. The van der Waals surface area contributed by atoms with Gasteiger partial charge in [0, 0.05) is 19.6 Å². The van der Waals surface area contributed by atoms with Crippen molar-refractivity contribution in [1.82, 2.24) is 5.32 Å². The molecule has 2 rings (SSSR count). The molecule has 1 aliphatic heterocycles. The lowest BCUT2D eigenvalue weighted by Crippen LogP contribution is -2.33. The molecule has 1 aliphatic rings. The molecule has 1 heterocycles. The Bertz CT molecular complexity index is 353. The van der Waals surface area contributed by atoms with Crippen molar-refractivity contribution < 1.29 is 9.47 Å². The second kappa shape index (κ2) is 6.24. The predicted molar refractivity (Wildman–Crippen MR) is 68.7 cm³/mol. The lowest BCUT2D eigenvalue weighted by Gasteiger charge is -2.24. The molecule has 0 saturated carbocycles. The van der Waals surface area contributed by atoms with Crippen molar-refractivity contribution in [3.8, 4) is 5.75 Å². The van der Waals surface area contributed by atoms with Crippen LogP contribution < -0.4 is 10.1 Å². The van der Waals surface area contributed by atoms with Gasteiger partial charge in [0.05, 0.1) is 11.6 Å². The molecule has 17 heavy (non-hydrogen) atoms. The van der Waals surface area contributed by atoms with Crippen LogP contribution in [0.15, 0.2) is 24.3 Å².